The first kappa shape index (κ1) is 24.3. The molecule has 0 fully saturated rings. The normalized spacial score (nSPS) is 14.0. The Balaban J connectivity index is 1.51. The van der Waals surface area contributed by atoms with Gasteiger partial charge in [-0.1, -0.05) is 61.9 Å². The van der Waals surface area contributed by atoms with E-state index in [9.17, 15) is 19.5 Å². The topological polar surface area (TPSA) is 114 Å². The summed E-state index contributed by atoms with van der Waals surface area (Å²) in [6, 6.07) is 16.1. The predicted octanol–water partition coefficient (Wildman–Crippen LogP) is 3.16. The fourth-order valence-corrected chi connectivity index (χ4v) is 4.11. The SMILES string of the molecule is CCCC(CNC(=O)C(CNC(=O)OCC1c2ccccc2-c2ccccc21)OC)C(=O)O. The molecule has 8 nitrogen and oxygen atoms in total. The van der Waals surface area contributed by atoms with Crippen molar-refractivity contribution >= 4 is 18.0 Å². The van der Waals surface area contributed by atoms with Gasteiger partial charge in [0, 0.05) is 19.6 Å². The molecule has 0 radical (unpaired) electrons. The van der Waals surface area contributed by atoms with Crippen molar-refractivity contribution in [3.63, 3.8) is 0 Å². The summed E-state index contributed by atoms with van der Waals surface area (Å²) < 4.78 is 10.6. The molecule has 0 heterocycles. The number of carbonyl (C=O) groups is 3. The number of aliphatic carboxylic acids is 1. The Bertz CT molecular complexity index is 947. The van der Waals surface area contributed by atoms with Gasteiger partial charge in [0.15, 0.2) is 6.10 Å². The van der Waals surface area contributed by atoms with Crippen LogP contribution < -0.4 is 10.6 Å². The second-order valence-corrected chi connectivity index (χ2v) is 8.00. The highest BCUT2D eigenvalue weighted by atomic mass is 16.5. The zero-order valence-electron chi connectivity index (χ0n) is 18.9. The highest BCUT2D eigenvalue weighted by molar-refractivity contribution is 5.82. The predicted molar refractivity (Wildman–Crippen MR) is 123 cm³/mol. The highest BCUT2D eigenvalue weighted by Gasteiger charge is 2.29. The quantitative estimate of drug-likeness (QED) is 0.481. The lowest BCUT2D eigenvalue weighted by Gasteiger charge is -2.19. The fourth-order valence-electron chi connectivity index (χ4n) is 4.11. The zero-order chi connectivity index (χ0) is 23.8. The fraction of sp³-hybridized carbons (Fsp3) is 0.400. The Morgan fingerprint density at radius 2 is 1.58 bits per heavy atom. The van der Waals surface area contributed by atoms with Gasteiger partial charge in [0.1, 0.15) is 6.61 Å². The first-order valence-corrected chi connectivity index (χ1v) is 11.1. The summed E-state index contributed by atoms with van der Waals surface area (Å²) in [6.45, 7) is 1.96. The molecule has 1 aliphatic carbocycles. The van der Waals surface area contributed by atoms with Crippen LogP contribution in [0.3, 0.4) is 0 Å². The van der Waals surface area contributed by atoms with Crippen LogP contribution in [0.25, 0.3) is 11.1 Å². The van der Waals surface area contributed by atoms with E-state index in [4.69, 9.17) is 9.47 Å². The Morgan fingerprint density at radius 3 is 2.12 bits per heavy atom. The van der Waals surface area contributed by atoms with Gasteiger partial charge < -0.3 is 25.2 Å². The largest absolute Gasteiger partial charge is 0.481 e. The van der Waals surface area contributed by atoms with Crippen LogP contribution in [0.1, 0.15) is 36.8 Å². The molecule has 176 valence electrons. The van der Waals surface area contributed by atoms with Crippen LogP contribution in [0.2, 0.25) is 0 Å². The zero-order valence-corrected chi connectivity index (χ0v) is 18.9. The number of amides is 2. The molecule has 0 saturated heterocycles. The standard InChI is InChI=1S/C25H30N2O6/c1-3-8-16(24(29)30)13-26-23(28)22(32-2)14-27-25(31)33-15-21-19-11-6-4-9-17(19)18-10-5-7-12-20(18)21/h4-7,9-12,16,21-22H,3,8,13-15H2,1-2H3,(H,26,28)(H,27,31)(H,29,30). The van der Waals surface area contributed by atoms with E-state index in [2.05, 4.69) is 22.8 Å². The maximum absolute atomic E-state index is 12.3. The van der Waals surface area contributed by atoms with Crippen molar-refractivity contribution in [1.29, 1.82) is 0 Å². The van der Waals surface area contributed by atoms with Gasteiger partial charge in [0.2, 0.25) is 0 Å². The van der Waals surface area contributed by atoms with E-state index in [0.717, 1.165) is 22.3 Å². The number of nitrogens with one attached hydrogen (secondary N) is 2. The molecule has 0 bridgehead atoms. The number of carboxylic acids is 1. The molecule has 8 heteroatoms. The number of carboxylic acid groups (broad SMARTS) is 1. The molecule has 33 heavy (non-hydrogen) atoms. The molecule has 0 spiro atoms. The number of ether oxygens (including phenoxy) is 2. The van der Waals surface area contributed by atoms with Gasteiger partial charge in [-0.3, -0.25) is 9.59 Å². The third-order valence-corrected chi connectivity index (χ3v) is 5.86. The molecule has 3 rings (SSSR count). The van der Waals surface area contributed by atoms with Crippen LogP contribution >= 0.6 is 0 Å². The van der Waals surface area contributed by atoms with Crippen LogP contribution in [0.4, 0.5) is 4.79 Å². The van der Waals surface area contributed by atoms with E-state index in [1.54, 1.807) is 0 Å². The minimum Gasteiger partial charge on any atom is -0.481 e. The molecule has 0 aromatic heterocycles. The van der Waals surface area contributed by atoms with Gasteiger partial charge in [-0.15, -0.1) is 0 Å². The summed E-state index contributed by atoms with van der Waals surface area (Å²) in [6.07, 6.45) is -0.447. The van der Waals surface area contributed by atoms with Gasteiger partial charge in [-0.05, 0) is 28.7 Å². The van der Waals surface area contributed by atoms with Gasteiger partial charge in [0.25, 0.3) is 5.91 Å². The minimum atomic E-state index is -0.957. The number of rotatable bonds is 11. The molecule has 0 aliphatic heterocycles. The van der Waals surface area contributed by atoms with E-state index < -0.39 is 30.0 Å². The Hall–Kier alpha value is -3.39. The van der Waals surface area contributed by atoms with Crippen molar-refractivity contribution in [2.24, 2.45) is 5.92 Å². The number of hydrogen-bond donors (Lipinski definition) is 3. The van der Waals surface area contributed by atoms with Crippen molar-refractivity contribution < 1.29 is 29.0 Å². The molecular formula is C25H30N2O6. The second kappa shape index (κ2) is 11.5. The smallest absolute Gasteiger partial charge is 0.407 e. The second-order valence-electron chi connectivity index (χ2n) is 8.00. The summed E-state index contributed by atoms with van der Waals surface area (Å²) >= 11 is 0. The number of benzene rings is 2. The average Bonchev–Trinajstić information content (AvgIpc) is 3.14. The van der Waals surface area contributed by atoms with E-state index in [0.29, 0.717) is 12.8 Å². The van der Waals surface area contributed by atoms with Crippen LogP contribution in [-0.4, -0.2) is 56.0 Å². The lowest BCUT2D eigenvalue weighted by molar-refractivity contribution is -0.142. The number of carbonyl (C=O) groups excluding carboxylic acids is 2. The van der Waals surface area contributed by atoms with Crippen molar-refractivity contribution in [3.8, 4) is 11.1 Å². The molecule has 1 aliphatic rings. The van der Waals surface area contributed by atoms with Gasteiger partial charge in [-0.25, -0.2) is 4.79 Å². The Morgan fingerprint density at radius 1 is 0.970 bits per heavy atom. The summed E-state index contributed by atoms with van der Waals surface area (Å²) in [5.41, 5.74) is 4.50. The van der Waals surface area contributed by atoms with Gasteiger partial charge in [-0.2, -0.15) is 0 Å². The van der Waals surface area contributed by atoms with E-state index >= 15 is 0 Å². The lowest BCUT2D eigenvalue weighted by atomic mass is 9.98. The summed E-state index contributed by atoms with van der Waals surface area (Å²) in [7, 11) is 1.35. The maximum atomic E-state index is 12.3. The van der Waals surface area contributed by atoms with Crippen LogP contribution in [-0.2, 0) is 19.1 Å². The first-order valence-electron chi connectivity index (χ1n) is 11.1. The summed E-state index contributed by atoms with van der Waals surface area (Å²) in [5.74, 6) is -2.16. The van der Waals surface area contributed by atoms with E-state index in [1.807, 2.05) is 43.3 Å². The van der Waals surface area contributed by atoms with Crippen LogP contribution in [0, 0.1) is 5.92 Å². The number of hydrogen-bond acceptors (Lipinski definition) is 5. The summed E-state index contributed by atoms with van der Waals surface area (Å²) in [4.78, 5) is 35.9. The summed E-state index contributed by atoms with van der Waals surface area (Å²) in [5, 5.41) is 14.3. The minimum absolute atomic E-state index is 0.00676. The molecule has 2 aromatic rings. The Kier molecular flexibility index (Phi) is 8.43. The molecule has 2 unspecified atom stereocenters. The Labute approximate surface area is 193 Å². The third-order valence-electron chi connectivity index (χ3n) is 5.86. The third kappa shape index (κ3) is 5.90. The van der Waals surface area contributed by atoms with Crippen molar-refractivity contribution in [3.05, 3.63) is 59.7 Å². The average molecular weight is 455 g/mol. The molecule has 2 amide bonds. The number of methoxy groups -OCH3 is 1. The van der Waals surface area contributed by atoms with E-state index in [1.165, 1.54) is 7.11 Å². The number of alkyl carbamates (subject to hydrolysis) is 1. The first-order chi connectivity index (χ1) is 16.0. The number of fused-ring (bicyclic) bond motifs is 3. The lowest BCUT2D eigenvalue weighted by Crippen LogP contribution is -2.45. The monoisotopic (exact) mass is 454 g/mol. The molecule has 2 aromatic carbocycles. The molecule has 2 atom stereocenters. The van der Waals surface area contributed by atoms with Crippen molar-refractivity contribution in [2.45, 2.75) is 31.8 Å². The van der Waals surface area contributed by atoms with Gasteiger partial charge >= 0.3 is 12.1 Å². The van der Waals surface area contributed by atoms with Crippen molar-refractivity contribution in [2.75, 3.05) is 26.8 Å². The molecule has 0 saturated carbocycles. The highest BCUT2D eigenvalue weighted by Crippen LogP contribution is 2.44. The maximum Gasteiger partial charge on any atom is 0.407 e. The molecular weight excluding hydrogens is 424 g/mol. The van der Waals surface area contributed by atoms with E-state index in [-0.39, 0.29) is 25.6 Å². The molecule has 3 N–H and O–H groups in total. The van der Waals surface area contributed by atoms with Crippen LogP contribution in [0.5, 0.6) is 0 Å². The van der Waals surface area contributed by atoms with Crippen molar-refractivity contribution in [1.82, 2.24) is 10.6 Å². The van der Waals surface area contributed by atoms with Gasteiger partial charge in [0.05, 0.1) is 12.5 Å². The van der Waals surface area contributed by atoms with Crippen LogP contribution in [0.15, 0.2) is 48.5 Å².